The minimum Gasteiger partial charge on any atom is -0.458 e. The highest BCUT2D eigenvalue weighted by molar-refractivity contribution is 5.90. The van der Waals surface area contributed by atoms with E-state index >= 15 is 0 Å². The lowest BCUT2D eigenvalue weighted by Crippen LogP contribution is -2.52. The van der Waals surface area contributed by atoms with Crippen LogP contribution < -0.4 is 10.6 Å². The lowest BCUT2D eigenvalue weighted by molar-refractivity contribution is -0.158. The monoisotopic (exact) mass is 374 g/mol. The van der Waals surface area contributed by atoms with Gasteiger partial charge in [0.2, 0.25) is 11.8 Å². The third kappa shape index (κ3) is 7.81. The summed E-state index contributed by atoms with van der Waals surface area (Å²) in [5, 5.41) is 5.44. The van der Waals surface area contributed by atoms with Crippen LogP contribution >= 0.6 is 0 Å². The van der Waals surface area contributed by atoms with Crippen molar-refractivity contribution < 1.29 is 19.1 Å². The van der Waals surface area contributed by atoms with Crippen LogP contribution in [0, 0.1) is 5.92 Å². The molecule has 0 saturated heterocycles. The number of nitrogens with one attached hydrogen (secondary N) is 2. The quantitative estimate of drug-likeness (QED) is 0.684. The van der Waals surface area contributed by atoms with Crippen molar-refractivity contribution in [3.8, 4) is 0 Å². The first-order valence-electron chi connectivity index (χ1n) is 9.50. The van der Waals surface area contributed by atoms with Crippen LogP contribution in [-0.4, -0.2) is 35.5 Å². The molecular formula is C21H30N2O4. The molecule has 27 heavy (non-hydrogen) atoms. The molecule has 1 aliphatic carbocycles. The molecule has 1 aliphatic rings. The van der Waals surface area contributed by atoms with Crippen molar-refractivity contribution >= 4 is 17.8 Å². The lowest BCUT2D eigenvalue weighted by atomic mass is 10.0. The summed E-state index contributed by atoms with van der Waals surface area (Å²) in [6, 6.07) is 7.91. The van der Waals surface area contributed by atoms with Gasteiger partial charge < -0.3 is 15.4 Å². The minimum atomic E-state index is -0.818. The van der Waals surface area contributed by atoms with E-state index in [1.54, 1.807) is 27.7 Å². The van der Waals surface area contributed by atoms with Crippen molar-refractivity contribution in [1.82, 2.24) is 10.6 Å². The Hall–Kier alpha value is -2.37. The molecule has 148 valence electrons. The van der Waals surface area contributed by atoms with Crippen LogP contribution in [0.3, 0.4) is 0 Å². The van der Waals surface area contributed by atoms with E-state index in [0.717, 1.165) is 18.4 Å². The molecule has 6 heteroatoms. The molecule has 2 rings (SSSR count). The third-order valence-corrected chi connectivity index (χ3v) is 4.23. The van der Waals surface area contributed by atoms with Crippen molar-refractivity contribution in [1.29, 1.82) is 0 Å². The van der Waals surface area contributed by atoms with Gasteiger partial charge in [-0.25, -0.2) is 4.79 Å². The van der Waals surface area contributed by atoms with E-state index in [4.69, 9.17) is 4.74 Å². The maximum Gasteiger partial charge on any atom is 0.329 e. The fourth-order valence-electron chi connectivity index (χ4n) is 2.66. The van der Waals surface area contributed by atoms with Crippen molar-refractivity contribution in [3.63, 3.8) is 0 Å². The van der Waals surface area contributed by atoms with Crippen LogP contribution in [-0.2, 0) is 25.5 Å². The summed E-state index contributed by atoms with van der Waals surface area (Å²) in [7, 11) is 0. The topological polar surface area (TPSA) is 84.5 Å². The summed E-state index contributed by atoms with van der Waals surface area (Å²) in [5.41, 5.74) is 0.264. The van der Waals surface area contributed by atoms with Crippen LogP contribution in [0.4, 0.5) is 0 Å². The molecule has 0 heterocycles. The molecule has 1 fully saturated rings. The second kappa shape index (κ2) is 9.02. The van der Waals surface area contributed by atoms with Crippen LogP contribution in [0.25, 0.3) is 0 Å². The zero-order valence-electron chi connectivity index (χ0n) is 16.6. The first-order chi connectivity index (χ1) is 12.6. The summed E-state index contributed by atoms with van der Waals surface area (Å²) in [6.07, 6.45) is 2.93. The Labute approximate surface area is 161 Å². The lowest BCUT2D eigenvalue weighted by Gasteiger charge is -2.25. The van der Waals surface area contributed by atoms with E-state index in [-0.39, 0.29) is 5.91 Å². The molecule has 6 nitrogen and oxygen atoms in total. The van der Waals surface area contributed by atoms with Crippen molar-refractivity contribution in [2.24, 2.45) is 5.92 Å². The number of hydrogen-bond acceptors (Lipinski definition) is 4. The molecule has 0 aliphatic heterocycles. The van der Waals surface area contributed by atoms with Gasteiger partial charge in [-0.3, -0.25) is 9.59 Å². The number of benzene rings is 1. The molecule has 1 aromatic carbocycles. The molecule has 1 aromatic rings. The molecular weight excluding hydrogens is 344 g/mol. The van der Waals surface area contributed by atoms with E-state index in [1.165, 1.54) is 0 Å². The van der Waals surface area contributed by atoms with Gasteiger partial charge in [-0.1, -0.05) is 30.3 Å². The van der Waals surface area contributed by atoms with Crippen LogP contribution in [0.5, 0.6) is 0 Å². The van der Waals surface area contributed by atoms with Crippen LogP contribution in [0.1, 0.15) is 52.5 Å². The van der Waals surface area contributed by atoms with Gasteiger partial charge in [0.1, 0.15) is 17.7 Å². The van der Waals surface area contributed by atoms with Crippen molar-refractivity contribution in [2.75, 3.05) is 0 Å². The number of rotatable bonds is 8. The van der Waals surface area contributed by atoms with E-state index in [2.05, 4.69) is 10.6 Å². The summed E-state index contributed by atoms with van der Waals surface area (Å²) in [5.74, 6) is -0.563. The first kappa shape index (κ1) is 20.9. The average Bonchev–Trinajstić information content (AvgIpc) is 3.37. The van der Waals surface area contributed by atoms with Crippen LogP contribution in [0.2, 0.25) is 0 Å². The van der Waals surface area contributed by atoms with E-state index in [1.807, 2.05) is 30.3 Å². The van der Waals surface area contributed by atoms with Gasteiger partial charge in [-0.15, -0.1) is 0 Å². The highest BCUT2D eigenvalue weighted by Gasteiger charge is 2.30. The Morgan fingerprint density at radius 1 is 1.11 bits per heavy atom. The molecule has 2 amide bonds. The fraction of sp³-hybridized carbons (Fsp3) is 0.571. The largest absolute Gasteiger partial charge is 0.458 e. The molecule has 0 radical (unpaired) electrons. The molecule has 1 saturated carbocycles. The van der Waals surface area contributed by atoms with E-state index in [9.17, 15) is 14.4 Å². The van der Waals surface area contributed by atoms with Gasteiger partial charge in [0.25, 0.3) is 0 Å². The Balaban J connectivity index is 1.99. The third-order valence-electron chi connectivity index (χ3n) is 4.23. The standard InChI is InChI=1S/C21H30N2O4/c1-14(22-18(24)13-16-10-11-16)19(25)23-17(20(26)27-21(2,3)4)12-15-8-6-5-7-9-15/h5-9,14,16-17H,10-13H2,1-4H3,(H,22,24)(H,23,25)/t14-,17-/m0/s1. The first-order valence-corrected chi connectivity index (χ1v) is 9.50. The van der Waals surface area contributed by atoms with Gasteiger partial charge in [0.15, 0.2) is 0 Å². The average molecular weight is 374 g/mol. The number of ether oxygens (including phenoxy) is 1. The molecule has 0 spiro atoms. The maximum atomic E-state index is 12.6. The summed E-state index contributed by atoms with van der Waals surface area (Å²) in [6.45, 7) is 6.97. The minimum absolute atomic E-state index is 0.128. The zero-order chi connectivity index (χ0) is 20.0. The van der Waals surface area contributed by atoms with Gasteiger partial charge in [-0.05, 0) is 52.0 Å². The fourth-order valence-corrected chi connectivity index (χ4v) is 2.66. The molecule has 2 N–H and O–H groups in total. The number of hydrogen-bond donors (Lipinski definition) is 2. The second-order valence-electron chi connectivity index (χ2n) is 8.22. The van der Waals surface area contributed by atoms with Gasteiger partial charge in [0.05, 0.1) is 0 Å². The SMILES string of the molecule is C[C@H](NC(=O)CC1CC1)C(=O)N[C@@H](Cc1ccccc1)C(=O)OC(C)(C)C. The number of carbonyl (C=O) groups excluding carboxylic acids is 3. The molecule has 0 unspecified atom stereocenters. The normalized spacial score (nSPS) is 16.1. The van der Waals surface area contributed by atoms with Crippen molar-refractivity contribution in [3.05, 3.63) is 35.9 Å². The highest BCUT2D eigenvalue weighted by Crippen LogP contribution is 2.32. The summed E-state index contributed by atoms with van der Waals surface area (Å²) in [4.78, 5) is 37.0. The predicted molar refractivity (Wildman–Crippen MR) is 103 cm³/mol. The van der Waals surface area contributed by atoms with Crippen molar-refractivity contribution in [2.45, 2.75) is 71.1 Å². The number of esters is 1. The summed E-state index contributed by atoms with van der Waals surface area (Å²) < 4.78 is 5.45. The maximum absolute atomic E-state index is 12.6. The molecule has 2 atom stereocenters. The van der Waals surface area contributed by atoms with Crippen LogP contribution in [0.15, 0.2) is 30.3 Å². The van der Waals surface area contributed by atoms with Gasteiger partial charge in [0, 0.05) is 12.8 Å². The molecule has 0 aromatic heterocycles. The Bertz CT molecular complexity index is 663. The zero-order valence-corrected chi connectivity index (χ0v) is 16.6. The Kier molecular flexibility index (Phi) is 6.99. The van der Waals surface area contributed by atoms with E-state index in [0.29, 0.717) is 18.8 Å². The highest BCUT2D eigenvalue weighted by atomic mass is 16.6. The van der Waals surface area contributed by atoms with E-state index < -0.39 is 29.6 Å². The second-order valence-corrected chi connectivity index (χ2v) is 8.22. The van der Waals surface area contributed by atoms with Gasteiger partial charge in [-0.2, -0.15) is 0 Å². The smallest absolute Gasteiger partial charge is 0.329 e. The molecule has 0 bridgehead atoms. The Morgan fingerprint density at radius 3 is 2.30 bits per heavy atom. The number of amides is 2. The predicted octanol–water partition coefficient (Wildman–Crippen LogP) is 2.36. The summed E-state index contributed by atoms with van der Waals surface area (Å²) >= 11 is 0. The number of carbonyl (C=O) groups is 3. The van der Waals surface area contributed by atoms with Gasteiger partial charge >= 0.3 is 5.97 Å². The Morgan fingerprint density at radius 2 is 1.74 bits per heavy atom.